The van der Waals surface area contributed by atoms with Crippen molar-refractivity contribution in [3.63, 3.8) is 0 Å². The molecule has 2 amide bonds. The van der Waals surface area contributed by atoms with E-state index in [1.165, 1.54) is 0 Å². The molecule has 7 nitrogen and oxygen atoms in total. The summed E-state index contributed by atoms with van der Waals surface area (Å²) in [5.74, 6) is 0.565. The third-order valence-electron chi connectivity index (χ3n) is 5.29. The van der Waals surface area contributed by atoms with Gasteiger partial charge in [0.2, 0.25) is 5.91 Å². The highest BCUT2D eigenvalue weighted by atomic mass is 16.5. The molecule has 146 valence electrons. The lowest BCUT2D eigenvalue weighted by atomic mass is 10.1. The number of likely N-dealkylation sites (N-methyl/N-ethyl adjacent to an activating group) is 1. The summed E-state index contributed by atoms with van der Waals surface area (Å²) in [6.45, 7) is 7.26. The van der Waals surface area contributed by atoms with Crippen LogP contribution in [0.5, 0.6) is 5.75 Å². The first-order valence-corrected chi connectivity index (χ1v) is 9.33. The highest BCUT2D eigenvalue weighted by molar-refractivity contribution is 6.01. The number of likely N-dealkylation sites (tertiary alicyclic amines) is 1. The molecule has 27 heavy (non-hydrogen) atoms. The van der Waals surface area contributed by atoms with E-state index < -0.39 is 6.04 Å². The monoisotopic (exact) mass is 373 g/mol. The summed E-state index contributed by atoms with van der Waals surface area (Å²) in [6, 6.07) is 4.70. The van der Waals surface area contributed by atoms with Gasteiger partial charge in [-0.15, -0.1) is 0 Å². The van der Waals surface area contributed by atoms with Crippen LogP contribution in [0, 0.1) is 6.92 Å². The topological polar surface area (TPSA) is 89.0 Å². The van der Waals surface area contributed by atoms with Gasteiger partial charge >= 0.3 is 0 Å². The maximum Gasteiger partial charge on any atom is 0.290 e. The molecule has 1 fully saturated rings. The van der Waals surface area contributed by atoms with Gasteiger partial charge in [-0.1, -0.05) is 0 Å². The molecule has 2 aromatic rings. The zero-order valence-electron chi connectivity index (χ0n) is 16.3. The molecule has 2 atom stereocenters. The normalized spacial score (nSPS) is 19.5. The Bertz CT molecular complexity index is 856. The Labute approximate surface area is 159 Å². The number of nitrogens with zero attached hydrogens (tertiary/aromatic N) is 2. The molecular weight excluding hydrogens is 346 g/mol. The van der Waals surface area contributed by atoms with Gasteiger partial charge in [0.15, 0.2) is 5.76 Å². The molecule has 3 rings (SSSR count). The third kappa shape index (κ3) is 3.39. The molecule has 0 spiro atoms. The second-order valence-corrected chi connectivity index (χ2v) is 6.90. The molecule has 0 saturated carbocycles. The molecule has 2 unspecified atom stereocenters. The summed E-state index contributed by atoms with van der Waals surface area (Å²) >= 11 is 0. The molecule has 1 saturated heterocycles. The average Bonchev–Trinajstić information content (AvgIpc) is 3.22. The molecule has 0 aliphatic carbocycles. The number of hydrogen-bond donors (Lipinski definition) is 1. The Morgan fingerprint density at radius 1 is 1.33 bits per heavy atom. The lowest BCUT2D eigenvalue weighted by molar-refractivity contribution is -0.134. The van der Waals surface area contributed by atoms with Crippen LogP contribution in [0.1, 0.15) is 36.4 Å². The van der Waals surface area contributed by atoms with Crippen molar-refractivity contribution < 1.29 is 18.7 Å². The van der Waals surface area contributed by atoms with Crippen LogP contribution in [0.3, 0.4) is 0 Å². The predicted molar refractivity (Wildman–Crippen MR) is 103 cm³/mol. The van der Waals surface area contributed by atoms with Crippen LogP contribution >= 0.6 is 0 Å². The molecule has 2 heterocycles. The van der Waals surface area contributed by atoms with E-state index in [0.29, 0.717) is 37.4 Å². The summed E-state index contributed by atoms with van der Waals surface area (Å²) in [4.78, 5) is 29.4. The summed E-state index contributed by atoms with van der Waals surface area (Å²) in [6.07, 6.45) is 0.466. The molecule has 2 N–H and O–H groups in total. The van der Waals surface area contributed by atoms with Crippen molar-refractivity contribution in [2.75, 3.05) is 26.7 Å². The molecule has 1 aromatic carbocycles. The lowest BCUT2D eigenvalue weighted by Gasteiger charge is -2.28. The lowest BCUT2D eigenvalue weighted by Crippen LogP contribution is -2.47. The minimum absolute atomic E-state index is 0.0586. The smallest absolute Gasteiger partial charge is 0.290 e. The zero-order valence-corrected chi connectivity index (χ0v) is 16.3. The van der Waals surface area contributed by atoms with Crippen LogP contribution < -0.4 is 10.5 Å². The minimum Gasteiger partial charge on any atom is -0.497 e. The van der Waals surface area contributed by atoms with Crippen LogP contribution in [0.15, 0.2) is 22.6 Å². The summed E-state index contributed by atoms with van der Waals surface area (Å²) in [7, 11) is 1.58. The number of aryl methyl sites for hydroxylation is 1. The van der Waals surface area contributed by atoms with Crippen molar-refractivity contribution in [2.24, 2.45) is 5.73 Å². The number of nitrogens with two attached hydrogens (primary N) is 1. The fourth-order valence-electron chi connectivity index (χ4n) is 3.74. The number of ether oxygens (including phenoxy) is 1. The molecule has 1 aliphatic rings. The molecule has 1 aromatic heterocycles. The Kier molecular flexibility index (Phi) is 5.41. The SMILES string of the molecule is CCN(CC)C(=O)C1CC(N)CN1C(=O)c1oc2cc(OC)ccc2c1C. The van der Waals surface area contributed by atoms with Gasteiger partial charge in [0.1, 0.15) is 17.4 Å². The van der Waals surface area contributed by atoms with Crippen LogP contribution in [-0.4, -0.2) is 60.4 Å². The van der Waals surface area contributed by atoms with Crippen molar-refractivity contribution >= 4 is 22.8 Å². The van der Waals surface area contributed by atoms with Crippen molar-refractivity contribution in [3.05, 3.63) is 29.5 Å². The van der Waals surface area contributed by atoms with E-state index in [-0.39, 0.29) is 23.6 Å². The standard InChI is InChI=1S/C20H27N3O4/c1-5-22(6-2)19(24)16-9-13(21)11-23(16)20(25)18-12(3)15-8-7-14(26-4)10-17(15)27-18/h7-8,10,13,16H,5-6,9,11,21H2,1-4H3. The minimum atomic E-state index is -0.547. The van der Waals surface area contributed by atoms with Crippen molar-refractivity contribution in [1.29, 1.82) is 0 Å². The van der Waals surface area contributed by atoms with Crippen LogP contribution in [0.4, 0.5) is 0 Å². The van der Waals surface area contributed by atoms with Gasteiger partial charge in [-0.05, 0) is 39.3 Å². The number of benzene rings is 1. The van der Waals surface area contributed by atoms with Crippen molar-refractivity contribution in [1.82, 2.24) is 9.80 Å². The largest absolute Gasteiger partial charge is 0.497 e. The van der Waals surface area contributed by atoms with E-state index in [4.69, 9.17) is 14.9 Å². The van der Waals surface area contributed by atoms with E-state index in [1.54, 1.807) is 23.0 Å². The first-order valence-electron chi connectivity index (χ1n) is 9.33. The predicted octanol–water partition coefficient (Wildman–Crippen LogP) is 2.16. The Hall–Kier alpha value is -2.54. The van der Waals surface area contributed by atoms with Crippen LogP contribution in [-0.2, 0) is 4.79 Å². The summed E-state index contributed by atoms with van der Waals surface area (Å²) in [5.41, 5.74) is 7.44. The third-order valence-corrected chi connectivity index (χ3v) is 5.29. The number of rotatable bonds is 5. The second kappa shape index (κ2) is 7.60. The van der Waals surface area contributed by atoms with Gasteiger partial charge < -0.3 is 24.7 Å². The maximum atomic E-state index is 13.2. The fraction of sp³-hybridized carbons (Fsp3) is 0.500. The van der Waals surface area contributed by atoms with Gasteiger partial charge in [-0.2, -0.15) is 0 Å². The van der Waals surface area contributed by atoms with Gasteiger partial charge in [0.05, 0.1) is 7.11 Å². The number of fused-ring (bicyclic) bond motifs is 1. The Balaban J connectivity index is 1.95. The van der Waals surface area contributed by atoms with E-state index in [1.807, 2.05) is 32.9 Å². The van der Waals surface area contributed by atoms with Crippen LogP contribution in [0.25, 0.3) is 11.0 Å². The number of carbonyl (C=O) groups excluding carboxylic acids is 2. The van der Waals surface area contributed by atoms with E-state index in [0.717, 1.165) is 10.9 Å². The summed E-state index contributed by atoms with van der Waals surface area (Å²) in [5, 5.41) is 0.856. The van der Waals surface area contributed by atoms with Gasteiger partial charge in [0.25, 0.3) is 5.91 Å². The quantitative estimate of drug-likeness (QED) is 0.868. The molecule has 0 bridgehead atoms. The van der Waals surface area contributed by atoms with Gasteiger partial charge in [-0.3, -0.25) is 9.59 Å². The number of amides is 2. The van der Waals surface area contributed by atoms with Gasteiger partial charge in [-0.25, -0.2) is 0 Å². The highest BCUT2D eigenvalue weighted by Gasteiger charge is 2.41. The fourth-order valence-corrected chi connectivity index (χ4v) is 3.74. The molecule has 0 radical (unpaired) electrons. The first kappa shape index (κ1) is 19.2. The van der Waals surface area contributed by atoms with Gasteiger partial charge in [0, 0.05) is 42.7 Å². The molecule has 1 aliphatic heterocycles. The van der Waals surface area contributed by atoms with Crippen molar-refractivity contribution in [3.8, 4) is 5.75 Å². The number of hydrogen-bond acceptors (Lipinski definition) is 5. The summed E-state index contributed by atoms with van der Waals surface area (Å²) < 4.78 is 11.1. The van der Waals surface area contributed by atoms with Crippen molar-refractivity contribution in [2.45, 2.75) is 39.3 Å². The zero-order chi connectivity index (χ0) is 19.7. The van der Waals surface area contributed by atoms with E-state index in [2.05, 4.69) is 0 Å². The molecular formula is C20H27N3O4. The highest BCUT2D eigenvalue weighted by Crippen LogP contribution is 2.31. The van der Waals surface area contributed by atoms with Crippen LogP contribution in [0.2, 0.25) is 0 Å². The molecule has 7 heteroatoms. The number of methoxy groups -OCH3 is 1. The first-order chi connectivity index (χ1) is 12.9. The number of carbonyl (C=O) groups is 2. The number of furan rings is 1. The second-order valence-electron chi connectivity index (χ2n) is 6.90. The average molecular weight is 373 g/mol. The van der Waals surface area contributed by atoms with E-state index in [9.17, 15) is 9.59 Å². The maximum absolute atomic E-state index is 13.2. The van der Waals surface area contributed by atoms with E-state index >= 15 is 0 Å². The Morgan fingerprint density at radius 2 is 2.04 bits per heavy atom. The Morgan fingerprint density at radius 3 is 2.67 bits per heavy atom.